The number of carbonyl (C=O) groups is 1. The molecule has 1 unspecified atom stereocenters. The minimum Gasteiger partial charge on any atom is -0.390 e. The van der Waals surface area contributed by atoms with Gasteiger partial charge in [-0.2, -0.15) is 0 Å². The van der Waals surface area contributed by atoms with Crippen LogP contribution in [0.15, 0.2) is 24.3 Å². The largest absolute Gasteiger partial charge is 0.390 e. The average molecular weight is 274 g/mol. The van der Waals surface area contributed by atoms with Crippen molar-refractivity contribution in [2.45, 2.75) is 50.3 Å². The highest BCUT2D eigenvalue weighted by molar-refractivity contribution is 5.87. The summed E-state index contributed by atoms with van der Waals surface area (Å²) in [5.41, 5.74) is 1.74. The summed E-state index contributed by atoms with van der Waals surface area (Å²) >= 11 is 0. The van der Waals surface area contributed by atoms with E-state index in [9.17, 15) is 9.90 Å². The topological polar surface area (TPSA) is 61.4 Å². The summed E-state index contributed by atoms with van der Waals surface area (Å²) in [4.78, 5) is 12.6. The van der Waals surface area contributed by atoms with Crippen molar-refractivity contribution in [3.8, 4) is 0 Å². The van der Waals surface area contributed by atoms with Gasteiger partial charge >= 0.3 is 0 Å². The van der Waals surface area contributed by atoms with Crippen molar-refractivity contribution in [1.29, 1.82) is 0 Å². The summed E-state index contributed by atoms with van der Waals surface area (Å²) in [6.07, 6.45) is 2.79. The van der Waals surface area contributed by atoms with Crippen molar-refractivity contribution in [3.05, 3.63) is 35.4 Å². The molecule has 20 heavy (non-hydrogen) atoms. The standard InChI is InChI=1S/C16H22N2O2/c1-2-16(8-5-9-17-16)15(20)18-14-12-7-4-3-6-11(12)10-13(14)19/h3-4,6-7,13-14,17,19H,2,5,8-10H2,1H3,(H,18,20)/t13-,14+,16?/m0/s1. The van der Waals surface area contributed by atoms with E-state index in [1.54, 1.807) is 0 Å². The van der Waals surface area contributed by atoms with Crippen molar-refractivity contribution in [1.82, 2.24) is 10.6 Å². The lowest BCUT2D eigenvalue weighted by molar-refractivity contribution is -0.128. The van der Waals surface area contributed by atoms with Crippen LogP contribution >= 0.6 is 0 Å². The molecule has 1 aromatic rings. The zero-order chi connectivity index (χ0) is 14.2. The quantitative estimate of drug-likeness (QED) is 0.778. The average Bonchev–Trinajstić information content (AvgIpc) is 3.05. The second-order valence-corrected chi connectivity index (χ2v) is 5.89. The molecular weight excluding hydrogens is 252 g/mol. The molecule has 3 atom stereocenters. The molecule has 4 heteroatoms. The number of hydrogen-bond acceptors (Lipinski definition) is 3. The number of aliphatic hydroxyl groups is 1. The Morgan fingerprint density at radius 1 is 1.50 bits per heavy atom. The Morgan fingerprint density at radius 3 is 3.00 bits per heavy atom. The summed E-state index contributed by atoms with van der Waals surface area (Å²) in [5, 5.41) is 16.6. The zero-order valence-electron chi connectivity index (χ0n) is 11.9. The number of fused-ring (bicyclic) bond motifs is 1. The smallest absolute Gasteiger partial charge is 0.240 e. The molecule has 108 valence electrons. The predicted octanol–water partition coefficient (Wildman–Crippen LogP) is 1.29. The molecule has 1 aromatic carbocycles. The predicted molar refractivity (Wildman–Crippen MR) is 77.3 cm³/mol. The van der Waals surface area contributed by atoms with E-state index >= 15 is 0 Å². The Morgan fingerprint density at radius 2 is 2.30 bits per heavy atom. The number of rotatable bonds is 3. The van der Waals surface area contributed by atoms with Gasteiger partial charge < -0.3 is 15.7 Å². The maximum absolute atomic E-state index is 12.6. The van der Waals surface area contributed by atoms with E-state index in [4.69, 9.17) is 0 Å². The van der Waals surface area contributed by atoms with Gasteiger partial charge in [0.2, 0.25) is 5.91 Å². The summed E-state index contributed by atoms with van der Waals surface area (Å²) in [6.45, 7) is 2.93. The number of amides is 1. The Balaban J connectivity index is 1.79. The fourth-order valence-corrected chi connectivity index (χ4v) is 3.49. The van der Waals surface area contributed by atoms with Gasteiger partial charge in [0.1, 0.15) is 0 Å². The van der Waals surface area contributed by atoms with Crippen molar-refractivity contribution < 1.29 is 9.90 Å². The number of nitrogens with one attached hydrogen (secondary N) is 2. The molecule has 0 spiro atoms. The highest BCUT2D eigenvalue weighted by Crippen LogP contribution is 2.32. The van der Waals surface area contributed by atoms with Crippen LogP contribution < -0.4 is 10.6 Å². The Bertz CT molecular complexity index is 509. The molecule has 4 nitrogen and oxygen atoms in total. The van der Waals surface area contributed by atoms with Gasteiger partial charge in [-0.25, -0.2) is 0 Å². The molecule has 3 N–H and O–H groups in total. The lowest BCUT2D eigenvalue weighted by Crippen LogP contribution is -2.54. The summed E-state index contributed by atoms with van der Waals surface area (Å²) in [5.74, 6) is 0.0262. The van der Waals surface area contributed by atoms with Gasteiger partial charge in [0, 0.05) is 6.42 Å². The highest BCUT2D eigenvalue weighted by atomic mass is 16.3. The first-order chi connectivity index (χ1) is 9.66. The van der Waals surface area contributed by atoms with Gasteiger partial charge in [-0.15, -0.1) is 0 Å². The van der Waals surface area contributed by atoms with Gasteiger partial charge in [-0.05, 0) is 36.9 Å². The fraction of sp³-hybridized carbons (Fsp3) is 0.562. The molecule has 1 aliphatic carbocycles. The second-order valence-electron chi connectivity index (χ2n) is 5.89. The molecule has 3 rings (SSSR count). The van der Waals surface area contributed by atoms with Crippen molar-refractivity contribution in [2.75, 3.05) is 6.54 Å². The third kappa shape index (κ3) is 2.13. The van der Waals surface area contributed by atoms with Crippen LogP contribution in [0.25, 0.3) is 0 Å². The van der Waals surface area contributed by atoms with E-state index < -0.39 is 11.6 Å². The van der Waals surface area contributed by atoms with Crippen LogP contribution in [-0.4, -0.2) is 29.2 Å². The van der Waals surface area contributed by atoms with Gasteiger partial charge in [0.25, 0.3) is 0 Å². The molecule has 1 aliphatic heterocycles. The van der Waals surface area contributed by atoms with Crippen LogP contribution in [-0.2, 0) is 11.2 Å². The van der Waals surface area contributed by atoms with E-state index in [2.05, 4.69) is 10.6 Å². The van der Waals surface area contributed by atoms with Crippen molar-refractivity contribution in [3.63, 3.8) is 0 Å². The van der Waals surface area contributed by atoms with E-state index in [1.807, 2.05) is 31.2 Å². The molecule has 0 aromatic heterocycles. The molecule has 0 radical (unpaired) electrons. The van der Waals surface area contributed by atoms with Gasteiger partial charge in [0.15, 0.2) is 0 Å². The molecular formula is C16H22N2O2. The molecule has 1 heterocycles. The lowest BCUT2D eigenvalue weighted by atomic mass is 9.92. The van der Waals surface area contributed by atoms with Gasteiger partial charge in [-0.3, -0.25) is 4.79 Å². The number of benzene rings is 1. The lowest BCUT2D eigenvalue weighted by Gasteiger charge is -2.29. The van der Waals surface area contributed by atoms with Crippen LogP contribution in [0.5, 0.6) is 0 Å². The Kier molecular flexibility index (Phi) is 3.52. The number of carbonyl (C=O) groups excluding carboxylic acids is 1. The molecule has 0 bridgehead atoms. The van der Waals surface area contributed by atoms with E-state index in [-0.39, 0.29) is 11.9 Å². The minimum atomic E-state index is -0.522. The summed E-state index contributed by atoms with van der Waals surface area (Å²) < 4.78 is 0. The molecule has 1 amide bonds. The van der Waals surface area contributed by atoms with E-state index in [0.717, 1.165) is 36.9 Å². The highest BCUT2D eigenvalue weighted by Gasteiger charge is 2.42. The van der Waals surface area contributed by atoms with E-state index in [1.165, 1.54) is 0 Å². The Labute approximate surface area is 119 Å². The normalized spacial score (nSPS) is 32.1. The minimum absolute atomic E-state index is 0.0262. The zero-order valence-corrected chi connectivity index (χ0v) is 11.9. The van der Waals surface area contributed by atoms with Gasteiger partial charge in [0.05, 0.1) is 17.7 Å². The Hall–Kier alpha value is -1.39. The summed E-state index contributed by atoms with van der Waals surface area (Å²) in [6, 6.07) is 7.68. The molecule has 1 saturated heterocycles. The second kappa shape index (κ2) is 5.19. The van der Waals surface area contributed by atoms with Gasteiger partial charge in [-0.1, -0.05) is 31.2 Å². The third-order valence-corrected chi connectivity index (χ3v) is 4.77. The summed E-state index contributed by atoms with van der Waals surface area (Å²) in [7, 11) is 0. The van der Waals surface area contributed by atoms with Crippen LogP contribution in [0.3, 0.4) is 0 Å². The van der Waals surface area contributed by atoms with Crippen LogP contribution in [0, 0.1) is 0 Å². The third-order valence-electron chi connectivity index (χ3n) is 4.77. The van der Waals surface area contributed by atoms with Crippen LogP contribution in [0.1, 0.15) is 43.4 Å². The molecule has 2 aliphatic rings. The monoisotopic (exact) mass is 274 g/mol. The van der Waals surface area contributed by atoms with Crippen molar-refractivity contribution >= 4 is 5.91 Å². The van der Waals surface area contributed by atoms with Crippen molar-refractivity contribution in [2.24, 2.45) is 0 Å². The molecule has 1 fully saturated rings. The van der Waals surface area contributed by atoms with Crippen LogP contribution in [0.4, 0.5) is 0 Å². The number of hydrogen-bond donors (Lipinski definition) is 3. The SMILES string of the molecule is CCC1(C(=O)N[C@@H]2c3ccccc3C[C@@H]2O)CCCN1. The maximum atomic E-state index is 12.6. The number of aliphatic hydroxyl groups excluding tert-OH is 1. The fourth-order valence-electron chi connectivity index (χ4n) is 3.49. The first-order valence-electron chi connectivity index (χ1n) is 7.48. The first-order valence-corrected chi connectivity index (χ1v) is 7.48. The first kappa shape index (κ1) is 13.6. The van der Waals surface area contributed by atoms with Crippen LogP contribution in [0.2, 0.25) is 0 Å². The molecule has 0 saturated carbocycles. The maximum Gasteiger partial charge on any atom is 0.240 e. The van der Waals surface area contributed by atoms with E-state index in [0.29, 0.717) is 6.42 Å².